The average Bonchev–Trinajstić information content (AvgIpc) is 3.34. The predicted octanol–water partition coefficient (Wildman–Crippen LogP) is 3.65. The summed E-state index contributed by atoms with van der Waals surface area (Å²) < 4.78 is 13.8. The molecule has 0 fully saturated rings. The fraction of sp³-hybridized carbons (Fsp3) is 0.286. The highest BCUT2D eigenvalue weighted by molar-refractivity contribution is 7.11. The van der Waals surface area contributed by atoms with Gasteiger partial charge in [-0.25, -0.2) is 9.37 Å². The highest BCUT2D eigenvalue weighted by Crippen LogP contribution is 2.31. The molecule has 1 atom stereocenters. The monoisotopic (exact) mass is 447 g/mol. The molecule has 158 valence electrons. The van der Waals surface area contributed by atoms with Crippen molar-refractivity contribution >= 4 is 40.4 Å². The third-order valence-corrected chi connectivity index (χ3v) is 6.46. The number of aliphatic imine (C=N–C) groups is 1. The molecule has 1 amide bonds. The second-order valence-corrected chi connectivity index (χ2v) is 8.42. The molecule has 9 heteroatoms. The summed E-state index contributed by atoms with van der Waals surface area (Å²) in [6.07, 6.45) is 4.80. The minimum Gasteiger partial charge on any atom is -0.370 e. The Labute approximate surface area is 183 Å². The number of halogens is 2. The maximum atomic E-state index is 13.8. The number of guanidine groups is 1. The summed E-state index contributed by atoms with van der Waals surface area (Å²) in [5.74, 6) is -0.777. The largest absolute Gasteiger partial charge is 0.370 e. The van der Waals surface area contributed by atoms with Gasteiger partial charge in [0.15, 0.2) is 5.96 Å². The van der Waals surface area contributed by atoms with E-state index in [0.29, 0.717) is 17.6 Å². The molecule has 0 saturated heterocycles. The number of carbonyl (C=O) groups excluding carboxylic acids is 1. The van der Waals surface area contributed by atoms with Crippen LogP contribution in [0.5, 0.6) is 0 Å². The maximum absolute atomic E-state index is 13.8. The van der Waals surface area contributed by atoms with Crippen molar-refractivity contribution in [1.29, 1.82) is 0 Å². The lowest BCUT2D eigenvalue weighted by molar-refractivity contribution is -0.118. The number of thiazole rings is 1. The number of aryl methyl sites for hydroxylation is 2. The summed E-state index contributed by atoms with van der Waals surface area (Å²) in [5.41, 5.74) is 14.0. The molecule has 0 aliphatic heterocycles. The van der Waals surface area contributed by atoms with Crippen LogP contribution in [0.2, 0.25) is 5.02 Å². The van der Waals surface area contributed by atoms with Gasteiger partial charge in [0.2, 0.25) is 5.91 Å². The number of allylic oxidation sites excluding steroid dienone is 3. The lowest BCUT2D eigenvalue weighted by Crippen LogP contribution is -2.33. The molecule has 0 bridgehead atoms. The molecular weight excluding hydrogens is 425 g/mol. The zero-order valence-electron chi connectivity index (χ0n) is 16.7. The van der Waals surface area contributed by atoms with Crippen molar-refractivity contribution in [1.82, 2.24) is 10.3 Å². The third-order valence-electron chi connectivity index (χ3n) is 4.74. The number of nitrogens with two attached hydrogens (primary N) is 2. The number of hydrogen-bond donors (Lipinski definition) is 3. The highest BCUT2D eigenvalue weighted by atomic mass is 35.5. The molecule has 0 saturated carbocycles. The number of carbonyl (C=O) groups is 1. The molecule has 5 N–H and O–H groups in total. The third kappa shape index (κ3) is 5.06. The van der Waals surface area contributed by atoms with Gasteiger partial charge in [0.05, 0.1) is 17.3 Å². The first-order valence-corrected chi connectivity index (χ1v) is 10.7. The SMILES string of the molecule is CCc1sc(C(CN=C(N)N)NC(=O)C2=CC=C(c3ccc(Cl)c(F)c3)C2)nc1C. The van der Waals surface area contributed by atoms with Crippen molar-refractivity contribution in [2.24, 2.45) is 16.5 Å². The number of benzene rings is 1. The van der Waals surface area contributed by atoms with E-state index in [1.54, 1.807) is 23.5 Å². The smallest absolute Gasteiger partial charge is 0.248 e. The van der Waals surface area contributed by atoms with E-state index in [9.17, 15) is 9.18 Å². The van der Waals surface area contributed by atoms with Gasteiger partial charge in [-0.15, -0.1) is 11.3 Å². The summed E-state index contributed by atoms with van der Waals surface area (Å²) in [6, 6.07) is 4.17. The van der Waals surface area contributed by atoms with Gasteiger partial charge in [-0.3, -0.25) is 9.79 Å². The van der Waals surface area contributed by atoms with Crippen LogP contribution >= 0.6 is 22.9 Å². The molecule has 1 aromatic carbocycles. The fourth-order valence-corrected chi connectivity index (χ4v) is 4.30. The van der Waals surface area contributed by atoms with Gasteiger partial charge in [0, 0.05) is 16.9 Å². The van der Waals surface area contributed by atoms with Crippen LogP contribution < -0.4 is 16.8 Å². The molecule has 0 spiro atoms. The molecule has 2 aromatic rings. The van der Waals surface area contributed by atoms with Crippen molar-refractivity contribution in [3.63, 3.8) is 0 Å². The van der Waals surface area contributed by atoms with Gasteiger partial charge in [0.25, 0.3) is 0 Å². The fourth-order valence-electron chi connectivity index (χ4n) is 3.14. The topological polar surface area (TPSA) is 106 Å². The van der Waals surface area contributed by atoms with Crippen molar-refractivity contribution in [2.75, 3.05) is 6.54 Å². The Hall–Kier alpha value is -2.71. The second kappa shape index (κ2) is 9.40. The first-order chi connectivity index (χ1) is 14.3. The molecule has 6 nitrogen and oxygen atoms in total. The van der Waals surface area contributed by atoms with Gasteiger partial charge < -0.3 is 16.8 Å². The zero-order chi connectivity index (χ0) is 21.8. The Balaban J connectivity index is 1.72. The van der Waals surface area contributed by atoms with Crippen molar-refractivity contribution in [3.8, 4) is 0 Å². The summed E-state index contributed by atoms with van der Waals surface area (Å²) in [6.45, 7) is 4.20. The van der Waals surface area contributed by atoms with Gasteiger partial charge in [-0.05, 0) is 36.6 Å². The molecule has 1 unspecified atom stereocenters. The van der Waals surface area contributed by atoms with Crippen molar-refractivity contribution < 1.29 is 9.18 Å². The minimum atomic E-state index is -0.490. The maximum Gasteiger partial charge on any atom is 0.248 e. The summed E-state index contributed by atoms with van der Waals surface area (Å²) in [4.78, 5) is 22.7. The zero-order valence-corrected chi connectivity index (χ0v) is 18.3. The number of aromatic nitrogens is 1. The number of nitrogens with one attached hydrogen (secondary N) is 1. The van der Waals surface area contributed by atoms with Crippen LogP contribution in [0.4, 0.5) is 4.39 Å². The Kier molecular flexibility index (Phi) is 6.89. The Morgan fingerprint density at radius 3 is 2.80 bits per heavy atom. The van der Waals surface area contributed by atoms with E-state index in [4.69, 9.17) is 23.1 Å². The van der Waals surface area contributed by atoms with Crippen LogP contribution in [0.15, 0.2) is 40.9 Å². The molecule has 1 heterocycles. The van der Waals surface area contributed by atoms with Crippen LogP contribution in [0.1, 0.15) is 40.5 Å². The lowest BCUT2D eigenvalue weighted by atomic mass is 10.0. The van der Waals surface area contributed by atoms with Gasteiger partial charge in [0.1, 0.15) is 16.9 Å². The second-order valence-electron chi connectivity index (χ2n) is 6.90. The van der Waals surface area contributed by atoms with E-state index in [0.717, 1.165) is 27.6 Å². The van der Waals surface area contributed by atoms with E-state index in [-0.39, 0.29) is 23.4 Å². The Morgan fingerprint density at radius 2 is 2.17 bits per heavy atom. The van der Waals surface area contributed by atoms with Crippen LogP contribution in [-0.4, -0.2) is 23.4 Å². The lowest BCUT2D eigenvalue weighted by Gasteiger charge is -2.15. The summed E-state index contributed by atoms with van der Waals surface area (Å²) in [5, 5.41) is 3.81. The van der Waals surface area contributed by atoms with E-state index in [2.05, 4.69) is 22.2 Å². The standard InChI is InChI=1S/C21H23ClFN5OS/c1-3-18-11(2)27-20(30-18)17(10-26-21(24)25)28-19(29)14-5-4-12(8-14)13-6-7-15(22)16(23)9-13/h4-7,9,17H,3,8,10H2,1-2H3,(H,28,29)(H4,24,25,26). The number of nitrogens with zero attached hydrogens (tertiary/aromatic N) is 2. The van der Waals surface area contributed by atoms with Crippen LogP contribution in [0.3, 0.4) is 0 Å². The van der Waals surface area contributed by atoms with Crippen molar-refractivity contribution in [2.45, 2.75) is 32.7 Å². The van der Waals surface area contributed by atoms with Crippen LogP contribution in [0.25, 0.3) is 5.57 Å². The van der Waals surface area contributed by atoms with Crippen molar-refractivity contribution in [3.05, 3.63) is 67.9 Å². The van der Waals surface area contributed by atoms with Gasteiger partial charge >= 0.3 is 0 Å². The predicted molar refractivity (Wildman–Crippen MR) is 120 cm³/mol. The van der Waals surface area contributed by atoms with Crippen LogP contribution in [-0.2, 0) is 11.2 Å². The summed E-state index contributed by atoms with van der Waals surface area (Å²) >= 11 is 7.29. The highest BCUT2D eigenvalue weighted by Gasteiger charge is 2.23. The molecule has 30 heavy (non-hydrogen) atoms. The van der Waals surface area contributed by atoms with Gasteiger partial charge in [-0.2, -0.15) is 0 Å². The number of amides is 1. The van der Waals surface area contributed by atoms with E-state index in [1.165, 1.54) is 12.1 Å². The molecule has 3 rings (SSSR count). The molecule has 1 aliphatic carbocycles. The first-order valence-electron chi connectivity index (χ1n) is 9.46. The van der Waals surface area contributed by atoms with E-state index >= 15 is 0 Å². The van der Waals surface area contributed by atoms with Gasteiger partial charge in [-0.1, -0.05) is 36.7 Å². The minimum absolute atomic E-state index is 0.0490. The molecule has 1 aromatic heterocycles. The average molecular weight is 448 g/mol. The molecule has 0 radical (unpaired) electrons. The Bertz CT molecular complexity index is 1060. The van der Waals surface area contributed by atoms with E-state index < -0.39 is 11.9 Å². The van der Waals surface area contributed by atoms with E-state index in [1.807, 2.05) is 13.0 Å². The number of hydrogen-bond acceptors (Lipinski definition) is 4. The normalized spacial score (nSPS) is 14.1. The Morgan fingerprint density at radius 1 is 1.40 bits per heavy atom. The molecular formula is C21H23ClFN5OS. The molecule has 1 aliphatic rings. The first kappa shape index (κ1) is 22.0. The van der Waals surface area contributed by atoms with Crippen LogP contribution in [0, 0.1) is 12.7 Å². The summed E-state index contributed by atoms with van der Waals surface area (Å²) in [7, 11) is 0. The quantitative estimate of drug-likeness (QED) is 0.444. The number of rotatable bonds is 7.